The Bertz CT molecular complexity index is 335. The second-order valence-electron chi connectivity index (χ2n) is 4.68. The van der Waals surface area contributed by atoms with Gasteiger partial charge in [0.1, 0.15) is 0 Å². The summed E-state index contributed by atoms with van der Waals surface area (Å²) in [7, 11) is 0. The Labute approximate surface area is 102 Å². The van der Waals surface area contributed by atoms with Gasteiger partial charge in [0, 0.05) is 24.5 Å². The van der Waals surface area contributed by atoms with Crippen LogP contribution in [0.3, 0.4) is 0 Å². The van der Waals surface area contributed by atoms with Gasteiger partial charge in [-0.3, -0.25) is 0 Å². The van der Waals surface area contributed by atoms with Crippen molar-refractivity contribution in [1.29, 1.82) is 0 Å². The number of nitrogens with two attached hydrogens (primary N) is 1. The number of piperidine rings is 1. The van der Waals surface area contributed by atoms with Gasteiger partial charge in [-0.1, -0.05) is 6.92 Å². The first-order chi connectivity index (χ1) is 7.70. The van der Waals surface area contributed by atoms with Crippen molar-refractivity contribution >= 4 is 16.5 Å². The third-order valence-corrected chi connectivity index (χ3v) is 4.32. The molecule has 2 N–H and O–H groups in total. The van der Waals surface area contributed by atoms with Crippen molar-refractivity contribution in [2.75, 3.05) is 18.0 Å². The summed E-state index contributed by atoms with van der Waals surface area (Å²) in [6, 6.07) is 0.299. The van der Waals surface area contributed by atoms with Gasteiger partial charge in [0.2, 0.25) is 0 Å². The van der Waals surface area contributed by atoms with E-state index in [9.17, 15) is 0 Å². The zero-order chi connectivity index (χ0) is 11.5. The zero-order valence-electron chi connectivity index (χ0n) is 10.1. The molecule has 0 aliphatic carbocycles. The summed E-state index contributed by atoms with van der Waals surface area (Å²) in [5.74, 6) is 0.628. The van der Waals surface area contributed by atoms with Gasteiger partial charge in [0.05, 0.1) is 5.69 Å². The third-order valence-electron chi connectivity index (χ3n) is 3.37. The number of hydrogen-bond acceptors (Lipinski definition) is 4. The van der Waals surface area contributed by atoms with Gasteiger partial charge in [-0.25, -0.2) is 4.98 Å². The van der Waals surface area contributed by atoms with E-state index >= 15 is 0 Å². The first kappa shape index (κ1) is 11.9. The number of anilines is 1. The predicted octanol–water partition coefficient (Wildman–Crippen LogP) is 2.27. The number of thiazole rings is 1. The van der Waals surface area contributed by atoms with E-state index < -0.39 is 0 Å². The van der Waals surface area contributed by atoms with Gasteiger partial charge in [-0.15, -0.1) is 11.3 Å². The number of aromatic nitrogens is 1. The van der Waals surface area contributed by atoms with Crippen molar-refractivity contribution in [2.24, 2.45) is 11.7 Å². The molecule has 1 aromatic rings. The summed E-state index contributed by atoms with van der Waals surface area (Å²) in [4.78, 5) is 7.05. The van der Waals surface area contributed by atoms with Gasteiger partial charge in [0.15, 0.2) is 5.13 Å². The molecule has 90 valence electrons. The van der Waals surface area contributed by atoms with Crippen molar-refractivity contribution in [1.82, 2.24) is 4.98 Å². The van der Waals surface area contributed by atoms with Gasteiger partial charge < -0.3 is 10.6 Å². The highest BCUT2D eigenvalue weighted by Gasteiger charge is 2.24. The lowest BCUT2D eigenvalue weighted by Gasteiger charge is -2.34. The number of hydrogen-bond donors (Lipinski definition) is 1. The zero-order valence-corrected chi connectivity index (χ0v) is 11.0. The Balaban J connectivity index is 2.03. The van der Waals surface area contributed by atoms with E-state index in [1.165, 1.54) is 23.7 Å². The van der Waals surface area contributed by atoms with E-state index in [4.69, 9.17) is 5.73 Å². The van der Waals surface area contributed by atoms with E-state index in [0.29, 0.717) is 12.0 Å². The van der Waals surface area contributed by atoms with Gasteiger partial charge in [0.25, 0.3) is 0 Å². The summed E-state index contributed by atoms with van der Waals surface area (Å²) in [6.45, 7) is 6.49. The smallest absolute Gasteiger partial charge is 0.185 e. The fraction of sp³-hybridized carbons (Fsp3) is 0.750. The number of nitrogens with zero attached hydrogens (tertiary/aromatic N) is 2. The molecule has 1 aliphatic heterocycles. The molecule has 3 nitrogen and oxygen atoms in total. The molecule has 0 amide bonds. The van der Waals surface area contributed by atoms with Gasteiger partial charge in [-0.05, 0) is 32.1 Å². The molecule has 0 bridgehead atoms. The fourth-order valence-corrected chi connectivity index (χ4v) is 3.16. The van der Waals surface area contributed by atoms with Crippen molar-refractivity contribution in [3.8, 4) is 0 Å². The van der Waals surface area contributed by atoms with E-state index in [0.717, 1.165) is 19.5 Å². The molecule has 0 spiro atoms. The van der Waals surface area contributed by atoms with Crippen LogP contribution in [0, 0.1) is 5.92 Å². The van der Waals surface area contributed by atoms with Gasteiger partial charge >= 0.3 is 0 Å². The molecule has 1 aliphatic rings. The van der Waals surface area contributed by atoms with E-state index in [1.807, 2.05) is 0 Å². The monoisotopic (exact) mass is 239 g/mol. The SMILES string of the molecule is CCc1csc(N2CCCC(C(C)N)C2)n1. The fourth-order valence-electron chi connectivity index (χ4n) is 2.22. The maximum atomic E-state index is 6.00. The van der Waals surface area contributed by atoms with Crippen LogP contribution in [0.4, 0.5) is 5.13 Å². The summed E-state index contributed by atoms with van der Waals surface area (Å²) < 4.78 is 0. The van der Waals surface area contributed by atoms with Crippen molar-refractivity contribution in [2.45, 2.75) is 39.2 Å². The summed E-state index contributed by atoms with van der Waals surface area (Å²) in [5, 5.41) is 3.35. The lowest BCUT2D eigenvalue weighted by molar-refractivity contribution is 0.364. The van der Waals surface area contributed by atoms with Crippen LogP contribution in [-0.4, -0.2) is 24.1 Å². The minimum Gasteiger partial charge on any atom is -0.348 e. The van der Waals surface area contributed by atoms with Crippen LogP contribution in [0.1, 0.15) is 32.4 Å². The Kier molecular flexibility index (Phi) is 3.82. The average Bonchev–Trinajstić information content (AvgIpc) is 2.77. The highest BCUT2D eigenvalue weighted by Crippen LogP contribution is 2.27. The van der Waals surface area contributed by atoms with Gasteiger partial charge in [-0.2, -0.15) is 0 Å². The molecule has 0 aromatic carbocycles. The van der Waals surface area contributed by atoms with Crippen molar-refractivity contribution in [3.63, 3.8) is 0 Å². The Morgan fingerprint density at radius 2 is 2.50 bits per heavy atom. The molecule has 4 heteroatoms. The second-order valence-corrected chi connectivity index (χ2v) is 5.52. The molecule has 2 heterocycles. The highest BCUT2D eigenvalue weighted by molar-refractivity contribution is 7.13. The molecule has 1 saturated heterocycles. The molecule has 16 heavy (non-hydrogen) atoms. The summed E-state index contributed by atoms with van der Waals surface area (Å²) >= 11 is 1.77. The van der Waals surface area contributed by atoms with E-state index in [-0.39, 0.29) is 0 Å². The Morgan fingerprint density at radius 1 is 1.69 bits per heavy atom. The molecule has 2 rings (SSSR count). The molecule has 2 unspecified atom stereocenters. The standard InChI is InChI=1S/C12H21N3S/c1-3-11-8-16-12(14-11)15-6-4-5-10(7-15)9(2)13/h8-10H,3-7,13H2,1-2H3. The minimum absolute atomic E-state index is 0.299. The first-order valence-electron chi connectivity index (χ1n) is 6.15. The third kappa shape index (κ3) is 2.55. The highest BCUT2D eigenvalue weighted by atomic mass is 32.1. The molecule has 1 fully saturated rings. The van der Waals surface area contributed by atoms with Crippen LogP contribution in [0.15, 0.2) is 5.38 Å². The summed E-state index contributed by atoms with van der Waals surface area (Å²) in [6.07, 6.45) is 3.54. The molecule has 0 saturated carbocycles. The number of aryl methyl sites for hydroxylation is 1. The normalized spacial score (nSPS) is 23.4. The quantitative estimate of drug-likeness (QED) is 0.880. The summed E-state index contributed by atoms with van der Waals surface area (Å²) in [5.41, 5.74) is 7.21. The average molecular weight is 239 g/mol. The van der Waals surface area contributed by atoms with Crippen molar-refractivity contribution < 1.29 is 0 Å². The number of rotatable bonds is 3. The van der Waals surface area contributed by atoms with Crippen LogP contribution in [0.2, 0.25) is 0 Å². The van der Waals surface area contributed by atoms with Crippen LogP contribution in [0.5, 0.6) is 0 Å². The molecule has 2 atom stereocenters. The van der Waals surface area contributed by atoms with E-state index in [2.05, 4.69) is 29.1 Å². The van der Waals surface area contributed by atoms with Crippen LogP contribution < -0.4 is 10.6 Å². The Hall–Kier alpha value is -0.610. The first-order valence-corrected chi connectivity index (χ1v) is 7.03. The van der Waals surface area contributed by atoms with Crippen molar-refractivity contribution in [3.05, 3.63) is 11.1 Å². The van der Waals surface area contributed by atoms with Crippen LogP contribution >= 0.6 is 11.3 Å². The largest absolute Gasteiger partial charge is 0.348 e. The predicted molar refractivity (Wildman–Crippen MR) is 70.1 cm³/mol. The van der Waals surface area contributed by atoms with Crippen LogP contribution in [-0.2, 0) is 6.42 Å². The molecule has 1 aromatic heterocycles. The lowest BCUT2D eigenvalue weighted by Crippen LogP contribution is -2.42. The molecule has 0 radical (unpaired) electrons. The molecular formula is C12H21N3S. The topological polar surface area (TPSA) is 42.1 Å². The van der Waals surface area contributed by atoms with E-state index in [1.54, 1.807) is 11.3 Å². The minimum atomic E-state index is 0.299. The lowest BCUT2D eigenvalue weighted by atomic mass is 9.92. The second kappa shape index (κ2) is 5.15. The Morgan fingerprint density at radius 3 is 3.12 bits per heavy atom. The maximum absolute atomic E-state index is 6.00. The molecular weight excluding hydrogens is 218 g/mol. The maximum Gasteiger partial charge on any atom is 0.185 e. The van der Waals surface area contributed by atoms with Crippen LogP contribution in [0.25, 0.3) is 0 Å².